The van der Waals surface area contributed by atoms with Crippen molar-refractivity contribution in [3.63, 3.8) is 0 Å². The normalized spacial score (nSPS) is 18.6. The number of sulfone groups is 1. The number of nitrogens with zero attached hydrogens (tertiary/aromatic N) is 2. The van der Waals surface area contributed by atoms with Crippen molar-refractivity contribution in [1.29, 1.82) is 0 Å². The number of carbonyl (C=O) groups excluding carboxylic acids is 1. The molecule has 1 unspecified atom stereocenters. The molecule has 1 amide bonds. The van der Waals surface area contributed by atoms with E-state index in [4.69, 9.17) is 9.66 Å². The maximum Gasteiger partial charge on any atom is 0.269 e. The second-order valence-electron chi connectivity index (χ2n) is 8.92. The first-order chi connectivity index (χ1) is 17.9. The molecule has 1 fully saturated rings. The van der Waals surface area contributed by atoms with E-state index in [1.807, 2.05) is 0 Å². The maximum atomic E-state index is 16.7. The lowest BCUT2D eigenvalue weighted by Crippen LogP contribution is -2.49. The third-order valence-electron chi connectivity index (χ3n) is 6.32. The number of benzene rings is 2. The van der Waals surface area contributed by atoms with Gasteiger partial charge >= 0.3 is 0 Å². The van der Waals surface area contributed by atoms with Crippen LogP contribution in [0.1, 0.15) is 18.4 Å². The zero-order chi connectivity index (χ0) is 27.3. The van der Waals surface area contributed by atoms with E-state index in [-0.39, 0.29) is 46.1 Å². The molecule has 1 atom stereocenters. The number of aromatic nitrogens is 1. The molecule has 2 aromatic carbocycles. The highest BCUT2D eigenvalue weighted by Gasteiger charge is 2.50. The number of anilines is 1. The smallest absolute Gasteiger partial charge is 0.269 e. The van der Waals surface area contributed by atoms with Gasteiger partial charge in [-0.2, -0.15) is 0 Å². The monoisotopic (exact) mass is 575 g/mol. The van der Waals surface area contributed by atoms with Crippen LogP contribution in [0.5, 0.6) is 0 Å². The average molecular weight is 576 g/mol. The van der Waals surface area contributed by atoms with Crippen LogP contribution in [0.15, 0.2) is 80.6 Å². The molecular weight excluding hydrogens is 553 g/mol. The molecule has 1 aliphatic heterocycles. The molecule has 0 bridgehead atoms. The summed E-state index contributed by atoms with van der Waals surface area (Å²) in [5, 5.41) is 9.16. The van der Waals surface area contributed by atoms with Crippen LogP contribution in [0.4, 0.5) is 10.1 Å². The van der Waals surface area contributed by atoms with Crippen LogP contribution in [0.25, 0.3) is 21.7 Å². The summed E-state index contributed by atoms with van der Waals surface area (Å²) < 4.78 is 71.2. The number of thiophene rings is 1. The van der Waals surface area contributed by atoms with Gasteiger partial charge in [-0.15, -0.1) is 11.3 Å². The van der Waals surface area contributed by atoms with Crippen molar-refractivity contribution in [1.82, 2.24) is 5.16 Å². The zero-order valence-electron chi connectivity index (χ0n) is 20.0. The lowest BCUT2D eigenvalue weighted by atomic mass is 9.87. The van der Waals surface area contributed by atoms with E-state index in [0.29, 0.717) is 22.5 Å². The summed E-state index contributed by atoms with van der Waals surface area (Å²) in [5.41, 5.74) is -1.53. The molecule has 9 nitrogen and oxygen atoms in total. The largest absolute Gasteiger partial charge is 0.364 e. The fourth-order valence-corrected chi connectivity index (χ4v) is 7.67. The third kappa shape index (κ3) is 4.66. The minimum Gasteiger partial charge on any atom is -0.364 e. The number of primary sulfonamides is 1. The van der Waals surface area contributed by atoms with Crippen molar-refractivity contribution >= 4 is 42.8 Å². The Kier molecular flexibility index (Phi) is 6.50. The fraction of sp³-hybridized carbons (Fsp3) is 0.200. The standard InChI is InChI=1S/C25H22FN3O6S3/c1-37(31,32)22-14-17(8-9-18(22)16-6-3-2-4-7-16)29-12-5-11-25(26,24(29)30)19-15-21(20-10-13-35-28-20)36-23(19)38(27,33)34/h2-4,6-10,13-15H,5,11-12H2,1H3,(H2,27,33,34). The first-order valence-corrected chi connectivity index (χ1v) is 15.6. The molecule has 0 aliphatic carbocycles. The summed E-state index contributed by atoms with van der Waals surface area (Å²) in [6, 6.07) is 16.1. The second-order valence-corrected chi connectivity index (χ2v) is 13.7. The molecule has 13 heteroatoms. The highest BCUT2D eigenvalue weighted by Crippen LogP contribution is 2.46. The Hall–Kier alpha value is -3.39. The zero-order valence-corrected chi connectivity index (χ0v) is 22.4. The molecule has 1 saturated heterocycles. The van der Waals surface area contributed by atoms with Gasteiger partial charge in [0, 0.05) is 35.7 Å². The van der Waals surface area contributed by atoms with Gasteiger partial charge in [0.15, 0.2) is 9.84 Å². The van der Waals surface area contributed by atoms with Crippen LogP contribution in [-0.2, 0) is 30.3 Å². The van der Waals surface area contributed by atoms with E-state index in [1.54, 1.807) is 42.5 Å². The fourth-order valence-electron chi connectivity index (χ4n) is 4.57. The number of amides is 1. The number of halogens is 1. The Labute approximate surface area is 222 Å². The third-order valence-corrected chi connectivity index (χ3v) is 10.1. The van der Waals surface area contributed by atoms with Crippen LogP contribution in [0, 0.1) is 0 Å². The Morgan fingerprint density at radius 1 is 1.08 bits per heavy atom. The van der Waals surface area contributed by atoms with Crippen molar-refractivity contribution in [2.45, 2.75) is 27.6 Å². The molecular formula is C25H22FN3O6S3. The summed E-state index contributed by atoms with van der Waals surface area (Å²) in [6.07, 6.45) is 2.25. The highest BCUT2D eigenvalue weighted by atomic mass is 32.2. The Bertz CT molecular complexity index is 1740. The van der Waals surface area contributed by atoms with Crippen molar-refractivity contribution in [3.05, 3.63) is 72.5 Å². The van der Waals surface area contributed by atoms with Crippen molar-refractivity contribution in [2.24, 2.45) is 5.14 Å². The van der Waals surface area contributed by atoms with E-state index < -0.39 is 35.6 Å². The summed E-state index contributed by atoms with van der Waals surface area (Å²) in [7, 11) is -8.12. The Balaban J connectivity index is 1.60. The van der Waals surface area contributed by atoms with Crippen LogP contribution in [0.2, 0.25) is 0 Å². The Morgan fingerprint density at radius 3 is 2.45 bits per heavy atom. The number of hydrogen-bond acceptors (Lipinski definition) is 8. The van der Waals surface area contributed by atoms with Gasteiger partial charge in [0.2, 0.25) is 15.7 Å². The van der Waals surface area contributed by atoms with Gasteiger partial charge in [-0.05, 0) is 36.6 Å². The van der Waals surface area contributed by atoms with Crippen LogP contribution >= 0.6 is 11.3 Å². The quantitative estimate of drug-likeness (QED) is 0.365. The lowest BCUT2D eigenvalue weighted by molar-refractivity contribution is -0.133. The minimum atomic E-state index is -4.39. The topological polar surface area (TPSA) is 141 Å². The van der Waals surface area contributed by atoms with Crippen molar-refractivity contribution < 1.29 is 30.5 Å². The lowest BCUT2D eigenvalue weighted by Gasteiger charge is -2.37. The van der Waals surface area contributed by atoms with Gasteiger partial charge in [0.05, 0.1) is 9.77 Å². The van der Waals surface area contributed by atoms with Gasteiger partial charge in [0.25, 0.3) is 5.91 Å². The van der Waals surface area contributed by atoms with Crippen LogP contribution in [-0.4, -0.2) is 40.7 Å². The summed E-state index contributed by atoms with van der Waals surface area (Å²) in [4.78, 5) is 15.1. The van der Waals surface area contributed by atoms with Crippen molar-refractivity contribution in [3.8, 4) is 21.7 Å². The molecule has 2 aromatic heterocycles. The van der Waals surface area contributed by atoms with Gasteiger partial charge in [0.1, 0.15) is 16.2 Å². The first kappa shape index (κ1) is 26.2. The number of alkyl halides is 1. The van der Waals surface area contributed by atoms with Crippen LogP contribution < -0.4 is 10.0 Å². The van der Waals surface area contributed by atoms with Crippen LogP contribution in [0.3, 0.4) is 0 Å². The number of sulfonamides is 1. The van der Waals surface area contributed by atoms with E-state index in [2.05, 4.69) is 5.16 Å². The molecule has 2 N–H and O–H groups in total. The first-order valence-electron chi connectivity index (χ1n) is 11.4. The average Bonchev–Trinajstić information content (AvgIpc) is 3.56. The number of nitrogens with two attached hydrogens (primary N) is 1. The Morgan fingerprint density at radius 2 is 1.82 bits per heavy atom. The van der Waals surface area contributed by atoms with Gasteiger partial charge in [-0.1, -0.05) is 41.6 Å². The minimum absolute atomic E-state index is 0.0156. The molecule has 3 heterocycles. The predicted octanol–water partition coefficient (Wildman–Crippen LogP) is 4.11. The highest BCUT2D eigenvalue weighted by molar-refractivity contribution is 7.91. The van der Waals surface area contributed by atoms with Gasteiger partial charge in [-0.25, -0.2) is 26.4 Å². The molecule has 5 rings (SSSR count). The van der Waals surface area contributed by atoms with Gasteiger partial charge < -0.3 is 9.42 Å². The van der Waals surface area contributed by atoms with E-state index in [1.165, 1.54) is 24.5 Å². The van der Waals surface area contributed by atoms with Gasteiger partial charge in [-0.3, -0.25) is 4.79 Å². The number of carbonyl (C=O) groups is 1. The number of piperidine rings is 1. The van der Waals surface area contributed by atoms with E-state index >= 15 is 4.39 Å². The number of rotatable bonds is 6. The maximum absolute atomic E-state index is 16.7. The molecule has 0 radical (unpaired) electrons. The summed E-state index contributed by atoms with van der Waals surface area (Å²) >= 11 is 0.695. The number of hydrogen-bond donors (Lipinski definition) is 1. The molecule has 38 heavy (non-hydrogen) atoms. The molecule has 0 spiro atoms. The SMILES string of the molecule is CS(=O)(=O)c1cc(N2CCCC(F)(c3cc(-c4ccon4)sc3S(N)(=O)=O)C2=O)ccc1-c1ccccc1. The predicted molar refractivity (Wildman–Crippen MR) is 141 cm³/mol. The van der Waals surface area contributed by atoms with E-state index in [9.17, 15) is 21.6 Å². The molecule has 0 saturated carbocycles. The van der Waals surface area contributed by atoms with E-state index in [0.717, 1.165) is 11.2 Å². The molecule has 198 valence electrons. The summed E-state index contributed by atoms with van der Waals surface area (Å²) in [5.74, 6) is -1.01. The second kappa shape index (κ2) is 9.42. The molecule has 1 aliphatic rings. The van der Waals surface area contributed by atoms with Crippen molar-refractivity contribution in [2.75, 3.05) is 17.7 Å². The molecule has 4 aromatic rings. The summed E-state index contributed by atoms with van der Waals surface area (Å²) in [6.45, 7) is 0.114.